The number of nitrogens with zero attached hydrogens (tertiary/aromatic N) is 2. The Morgan fingerprint density at radius 1 is 1.30 bits per heavy atom. The first-order valence-corrected chi connectivity index (χ1v) is 9.27. The van der Waals surface area contributed by atoms with Crippen molar-refractivity contribution >= 4 is 33.3 Å². The highest BCUT2D eigenvalue weighted by Gasteiger charge is 2.40. The van der Waals surface area contributed by atoms with E-state index in [-0.39, 0.29) is 16.9 Å². The van der Waals surface area contributed by atoms with Gasteiger partial charge in [0.25, 0.3) is 0 Å². The van der Waals surface area contributed by atoms with Gasteiger partial charge in [-0.05, 0) is 55.8 Å². The molecule has 1 aliphatic heterocycles. The first-order valence-electron chi connectivity index (χ1n) is 8.48. The van der Waals surface area contributed by atoms with Gasteiger partial charge < -0.3 is 20.5 Å². The summed E-state index contributed by atoms with van der Waals surface area (Å²) in [4.78, 5) is 13.1. The molecule has 1 aromatic carbocycles. The lowest BCUT2D eigenvalue weighted by Crippen LogP contribution is -2.31. The summed E-state index contributed by atoms with van der Waals surface area (Å²) in [6, 6.07) is 2.97. The summed E-state index contributed by atoms with van der Waals surface area (Å²) in [5.41, 5.74) is 2.01. The Balaban J connectivity index is 1.90. The minimum Gasteiger partial charge on any atom is -0.503 e. The van der Waals surface area contributed by atoms with E-state index in [9.17, 15) is 9.90 Å². The van der Waals surface area contributed by atoms with Crippen molar-refractivity contribution in [3.05, 3.63) is 33.4 Å². The van der Waals surface area contributed by atoms with Crippen LogP contribution in [0.3, 0.4) is 0 Å². The van der Waals surface area contributed by atoms with Crippen LogP contribution in [0, 0.1) is 5.41 Å². The van der Waals surface area contributed by atoms with E-state index in [0.717, 1.165) is 11.3 Å². The first-order chi connectivity index (χ1) is 12.8. The molecule has 1 atom stereocenters. The number of hydrogen-bond donors (Lipinski definition) is 3. The van der Waals surface area contributed by atoms with E-state index in [0.29, 0.717) is 40.3 Å². The number of halogens is 1. The third-order valence-electron chi connectivity index (χ3n) is 4.85. The number of nitrogens with one attached hydrogen (secondary N) is 2. The fraction of sp³-hybridized carbons (Fsp3) is 0.389. The molecule has 0 spiro atoms. The maximum Gasteiger partial charge on any atom is 0.219 e. The molecule has 2 heterocycles. The highest BCUT2D eigenvalue weighted by Crippen LogP contribution is 2.46. The fourth-order valence-electron chi connectivity index (χ4n) is 3.66. The molecule has 1 unspecified atom stereocenters. The zero-order valence-corrected chi connectivity index (χ0v) is 16.7. The van der Waals surface area contributed by atoms with Crippen LogP contribution in [0.2, 0.25) is 0 Å². The van der Waals surface area contributed by atoms with Gasteiger partial charge in [0.15, 0.2) is 17.3 Å². The molecule has 2 aromatic rings. The minimum absolute atomic E-state index is 0.00194. The molecule has 9 heteroatoms. The standard InChI is InChI=1S/C18H19BrN4O4/c1-18(2)6-10-13(11(24)7-18)14(21-17-16(20-10)22-27-23-17)8-4-9(19)15(25)12(5-8)26-3/h4-5,14,25H,6-7H2,1-3H3,(H,20,22)(H,21,23). The van der Waals surface area contributed by atoms with Crippen LogP contribution >= 0.6 is 15.9 Å². The smallest absolute Gasteiger partial charge is 0.219 e. The number of allylic oxidation sites excluding steroid dienone is 1. The zero-order chi connectivity index (χ0) is 19.3. The molecule has 0 saturated carbocycles. The van der Waals surface area contributed by atoms with Crippen molar-refractivity contribution in [1.82, 2.24) is 10.3 Å². The molecule has 1 aliphatic carbocycles. The van der Waals surface area contributed by atoms with Crippen molar-refractivity contribution in [2.24, 2.45) is 5.41 Å². The predicted molar refractivity (Wildman–Crippen MR) is 102 cm³/mol. The molecule has 0 radical (unpaired) electrons. The van der Waals surface area contributed by atoms with Gasteiger partial charge in [-0.1, -0.05) is 13.8 Å². The molecule has 27 heavy (non-hydrogen) atoms. The summed E-state index contributed by atoms with van der Waals surface area (Å²) < 4.78 is 10.6. The number of benzene rings is 1. The number of rotatable bonds is 2. The number of anilines is 2. The molecule has 0 bridgehead atoms. The molecule has 3 N–H and O–H groups in total. The summed E-state index contributed by atoms with van der Waals surface area (Å²) in [6.45, 7) is 4.12. The predicted octanol–water partition coefficient (Wildman–Crippen LogP) is 3.77. The molecule has 1 aromatic heterocycles. The maximum atomic E-state index is 13.1. The number of ketones is 1. The second-order valence-corrected chi connectivity index (χ2v) is 8.40. The van der Waals surface area contributed by atoms with Gasteiger partial charge in [-0.3, -0.25) is 4.79 Å². The van der Waals surface area contributed by atoms with Crippen LogP contribution in [0.15, 0.2) is 32.5 Å². The number of carbonyl (C=O) groups is 1. The van der Waals surface area contributed by atoms with E-state index in [1.54, 1.807) is 12.1 Å². The van der Waals surface area contributed by atoms with Crippen molar-refractivity contribution in [1.29, 1.82) is 0 Å². The molecule has 0 saturated heterocycles. The second-order valence-electron chi connectivity index (χ2n) is 7.55. The van der Waals surface area contributed by atoms with Gasteiger partial charge in [-0.15, -0.1) is 0 Å². The van der Waals surface area contributed by atoms with E-state index < -0.39 is 6.04 Å². The Kier molecular flexibility index (Phi) is 4.14. The average Bonchev–Trinajstić information content (AvgIpc) is 2.95. The molecule has 2 aliphatic rings. The average molecular weight is 435 g/mol. The van der Waals surface area contributed by atoms with Crippen molar-refractivity contribution in [3.8, 4) is 11.5 Å². The quantitative estimate of drug-likeness (QED) is 0.654. The molecule has 8 nitrogen and oxygen atoms in total. The molecule has 4 rings (SSSR count). The monoisotopic (exact) mass is 434 g/mol. The van der Waals surface area contributed by atoms with Gasteiger partial charge in [0.2, 0.25) is 11.6 Å². The van der Waals surface area contributed by atoms with Gasteiger partial charge in [0, 0.05) is 17.7 Å². The third-order valence-corrected chi connectivity index (χ3v) is 5.46. The van der Waals surface area contributed by atoms with Crippen molar-refractivity contribution in [2.45, 2.75) is 32.7 Å². The van der Waals surface area contributed by atoms with Crippen molar-refractivity contribution in [3.63, 3.8) is 0 Å². The molecule has 142 valence electrons. The fourth-order valence-corrected chi connectivity index (χ4v) is 4.12. The Labute approximate surface area is 164 Å². The molecular weight excluding hydrogens is 416 g/mol. The number of ether oxygens (including phenoxy) is 1. The molecular formula is C18H19BrN4O4. The number of fused-ring (bicyclic) bond motifs is 1. The molecule has 0 amide bonds. The van der Waals surface area contributed by atoms with Crippen LogP contribution < -0.4 is 15.4 Å². The van der Waals surface area contributed by atoms with Gasteiger partial charge >= 0.3 is 0 Å². The number of carbonyl (C=O) groups excluding carboxylic acids is 1. The van der Waals surface area contributed by atoms with E-state index in [2.05, 4.69) is 50.7 Å². The van der Waals surface area contributed by atoms with Crippen LogP contribution in [0.25, 0.3) is 0 Å². The lowest BCUT2D eigenvalue weighted by atomic mass is 9.73. The van der Waals surface area contributed by atoms with Gasteiger partial charge in [-0.25, -0.2) is 4.63 Å². The largest absolute Gasteiger partial charge is 0.503 e. The van der Waals surface area contributed by atoms with Crippen molar-refractivity contribution < 1.29 is 19.3 Å². The Bertz CT molecular complexity index is 966. The number of aromatic hydroxyl groups is 1. The summed E-state index contributed by atoms with van der Waals surface area (Å²) in [5.74, 6) is 1.23. The van der Waals surface area contributed by atoms with Crippen LogP contribution in [0.1, 0.15) is 38.3 Å². The number of phenolic OH excluding ortho intramolecular Hbond substituents is 1. The van der Waals surface area contributed by atoms with E-state index in [1.807, 2.05) is 0 Å². The number of methoxy groups -OCH3 is 1. The minimum atomic E-state index is -0.491. The van der Waals surface area contributed by atoms with E-state index >= 15 is 0 Å². The number of aromatic nitrogens is 2. The SMILES string of the molecule is COc1cc(C2Nc3nonc3NC3=C2C(=O)CC(C)(C)C3)cc(Br)c1O. The summed E-state index contributed by atoms with van der Waals surface area (Å²) in [7, 11) is 1.48. The Morgan fingerprint density at radius 3 is 2.78 bits per heavy atom. The topological polar surface area (TPSA) is 110 Å². The third kappa shape index (κ3) is 3.05. The second kappa shape index (κ2) is 6.26. The van der Waals surface area contributed by atoms with Crippen molar-refractivity contribution in [2.75, 3.05) is 17.7 Å². The zero-order valence-electron chi connectivity index (χ0n) is 15.1. The van der Waals surface area contributed by atoms with Gasteiger partial charge in [0.05, 0.1) is 17.6 Å². The lowest BCUT2D eigenvalue weighted by molar-refractivity contribution is -0.118. The van der Waals surface area contributed by atoms with Gasteiger partial charge in [0.1, 0.15) is 0 Å². The molecule has 0 fully saturated rings. The van der Waals surface area contributed by atoms with Crippen LogP contribution in [-0.4, -0.2) is 28.3 Å². The van der Waals surface area contributed by atoms with Crippen LogP contribution in [0.5, 0.6) is 11.5 Å². The number of Topliss-reactive ketones (excluding diaryl/α,β-unsaturated/α-hetero) is 1. The summed E-state index contributed by atoms with van der Waals surface area (Å²) >= 11 is 3.35. The maximum absolute atomic E-state index is 13.1. The van der Waals surface area contributed by atoms with E-state index in [1.165, 1.54) is 7.11 Å². The number of phenols is 1. The highest BCUT2D eigenvalue weighted by atomic mass is 79.9. The van der Waals surface area contributed by atoms with E-state index in [4.69, 9.17) is 9.37 Å². The Hall–Kier alpha value is -2.55. The highest BCUT2D eigenvalue weighted by molar-refractivity contribution is 9.10. The van der Waals surface area contributed by atoms with Crippen LogP contribution in [0.4, 0.5) is 11.6 Å². The first kappa shape index (κ1) is 17.8. The lowest BCUT2D eigenvalue weighted by Gasteiger charge is -2.34. The number of hydrogen-bond acceptors (Lipinski definition) is 8. The Morgan fingerprint density at radius 2 is 2.04 bits per heavy atom. The van der Waals surface area contributed by atoms with Gasteiger partial charge in [-0.2, -0.15) is 0 Å². The summed E-state index contributed by atoms with van der Waals surface area (Å²) in [6.07, 6.45) is 1.13. The summed E-state index contributed by atoms with van der Waals surface area (Å²) in [5, 5.41) is 24.4. The normalized spacial score (nSPS) is 20.9. The van der Waals surface area contributed by atoms with Crippen LogP contribution in [-0.2, 0) is 4.79 Å².